The van der Waals surface area contributed by atoms with Gasteiger partial charge in [-0.25, -0.2) is 0 Å². The number of hydrogen-bond acceptors (Lipinski definition) is 4. The van der Waals surface area contributed by atoms with Gasteiger partial charge >= 0.3 is 0 Å². The SMILES string of the molecule is C=COc1cc(OC=C)cc(C(=O)c2ccc[n-]2)c1.[Ir].[c-]1ccccc1-c1nccc2ccccc12. The van der Waals surface area contributed by atoms with Crippen molar-refractivity contribution >= 4 is 16.6 Å². The van der Waals surface area contributed by atoms with Crippen LogP contribution in [0, 0.1) is 6.07 Å². The first-order valence-corrected chi connectivity index (χ1v) is 10.8. The van der Waals surface area contributed by atoms with Crippen molar-refractivity contribution in [2.45, 2.75) is 0 Å². The van der Waals surface area contributed by atoms with Crippen LogP contribution < -0.4 is 14.5 Å². The maximum atomic E-state index is 12.2. The summed E-state index contributed by atoms with van der Waals surface area (Å²) in [7, 11) is 0. The molecule has 5 rings (SSSR count). The number of rotatable bonds is 7. The second-order valence-corrected chi connectivity index (χ2v) is 7.27. The van der Waals surface area contributed by atoms with Crippen molar-refractivity contribution in [2.75, 3.05) is 0 Å². The Morgan fingerprint density at radius 1 is 0.889 bits per heavy atom. The molecule has 0 aliphatic rings. The molecule has 0 atom stereocenters. The standard InChI is InChI=1S/C15H13NO3.C15H10N.Ir/c1-3-18-12-8-11(9-13(10-12)19-4-2)15(17)14-6-5-7-16-14;1-2-7-13(8-3-1)15-14-9-5-4-6-12(14)10-11-16-15;/h3-10H,1-2H2,(H,16,17);1-7,9-11H;/q;-1;/p-1. The van der Waals surface area contributed by atoms with E-state index in [2.05, 4.69) is 41.3 Å². The Bertz CT molecular complexity index is 1410. The summed E-state index contributed by atoms with van der Waals surface area (Å²) in [6.45, 7) is 6.95. The van der Waals surface area contributed by atoms with E-state index in [-0.39, 0.29) is 25.9 Å². The fraction of sp³-hybridized carbons (Fsp3) is 0. The molecule has 0 spiro atoms. The Morgan fingerprint density at radius 3 is 2.25 bits per heavy atom. The molecule has 0 unspecified atom stereocenters. The number of fused-ring (bicyclic) bond motifs is 1. The van der Waals surface area contributed by atoms with Gasteiger partial charge in [0, 0.05) is 37.9 Å². The predicted molar refractivity (Wildman–Crippen MR) is 137 cm³/mol. The van der Waals surface area contributed by atoms with E-state index < -0.39 is 0 Å². The van der Waals surface area contributed by atoms with Crippen molar-refractivity contribution in [3.63, 3.8) is 0 Å². The Morgan fingerprint density at radius 2 is 1.61 bits per heavy atom. The minimum atomic E-state index is -0.201. The minimum Gasteiger partial charge on any atom is -0.661 e. The third-order valence-corrected chi connectivity index (χ3v) is 5.01. The molecule has 0 saturated carbocycles. The van der Waals surface area contributed by atoms with Crippen molar-refractivity contribution in [3.8, 4) is 22.8 Å². The topological polar surface area (TPSA) is 62.5 Å². The molecule has 0 fully saturated rings. The van der Waals surface area contributed by atoms with Crippen molar-refractivity contribution in [1.82, 2.24) is 9.97 Å². The average Bonchev–Trinajstić information content (AvgIpc) is 3.44. The summed E-state index contributed by atoms with van der Waals surface area (Å²) in [5.41, 5.74) is 2.84. The summed E-state index contributed by atoms with van der Waals surface area (Å²) in [6, 6.07) is 29.7. The zero-order valence-corrected chi connectivity index (χ0v) is 21.7. The normalized spacial score (nSPS) is 9.78. The van der Waals surface area contributed by atoms with Gasteiger partial charge in [-0.1, -0.05) is 55.3 Å². The quantitative estimate of drug-likeness (QED) is 0.113. The summed E-state index contributed by atoms with van der Waals surface area (Å²) in [4.78, 5) is 20.6. The molecule has 5 aromatic rings. The van der Waals surface area contributed by atoms with Crippen LogP contribution in [0.1, 0.15) is 16.1 Å². The molecule has 0 amide bonds. The van der Waals surface area contributed by atoms with Crippen LogP contribution in [0.4, 0.5) is 0 Å². The molecule has 0 bridgehead atoms. The molecular formula is C30H22IrN2O3-2. The van der Waals surface area contributed by atoms with Gasteiger partial charge in [0.05, 0.1) is 12.5 Å². The predicted octanol–water partition coefficient (Wildman–Crippen LogP) is 6.62. The van der Waals surface area contributed by atoms with Gasteiger partial charge in [0.2, 0.25) is 0 Å². The first-order valence-electron chi connectivity index (χ1n) is 10.8. The van der Waals surface area contributed by atoms with Crippen molar-refractivity contribution < 1.29 is 34.4 Å². The molecule has 5 nitrogen and oxygen atoms in total. The van der Waals surface area contributed by atoms with E-state index >= 15 is 0 Å². The van der Waals surface area contributed by atoms with E-state index in [0.717, 1.165) is 11.3 Å². The summed E-state index contributed by atoms with van der Waals surface area (Å²) < 4.78 is 10.4. The Labute approximate surface area is 223 Å². The molecular weight excluding hydrogens is 629 g/mol. The Kier molecular flexibility index (Phi) is 9.52. The first kappa shape index (κ1) is 26.4. The summed E-state index contributed by atoms with van der Waals surface area (Å²) in [5.74, 6) is 0.724. The molecule has 6 heteroatoms. The monoisotopic (exact) mass is 651 g/mol. The van der Waals surface area contributed by atoms with Gasteiger partial charge in [-0.15, -0.1) is 35.9 Å². The third kappa shape index (κ3) is 6.45. The maximum Gasteiger partial charge on any atom is 0.171 e. The van der Waals surface area contributed by atoms with E-state index in [4.69, 9.17) is 9.47 Å². The van der Waals surface area contributed by atoms with Crippen LogP contribution in [0.25, 0.3) is 22.0 Å². The van der Waals surface area contributed by atoms with Gasteiger partial charge in [0.25, 0.3) is 0 Å². The van der Waals surface area contributed by atoms with E-state index in [0.29, 0.717) is 22.8 Å². The van der Waals surface area contributed by atoms with E-state index in [1.807, 2.05) is 48.7 Å². The number of ketones is 1. The summed E-state index contributed by atoms with van der Waals surface area (Å²) >= 11 is 0. The van der Waals surface area contributed by atoms with Crippen molar-refractivity contribution in [2.24, 2.45) is 0 Å². The number of benzene rings is 3. The molecule has 0 aliphatic carbocycles. The van der Waals surface area contributed by atoms with Crippen LogP contribution in [0.3, 0.4) is 0 Å². The van der Waals surface area contributed by atoms with Gasteiger partial charge in [0.15, 0.2) is 5.78 Å². The number of nitrogens with zero attached hydrogens (tertiary/aromatic N) is 2. The summed E-state index contributed by atoms with van der Waals surface area (Å²) in [5, 5.41) is 2.39. The third-order valence-electron chi connectivity index (χ3n) is 5.01. The van der Waals surface area contributed by atoms with Crippen molar-refractivity contribution in [1.29, 1.82) is 0 Å². The van der Waals surface area contributed by atoms with Gasteiger partial charge in [-0.05, 0) is 34.7 Å². The van der Waals surface area contributed by atoms with E-state index in [9.17, 15) is 4.79 Å². The molecule has 3 aromatic carbocycles. The number of aromatic nitrogens is 2. The summed E-state index contributed by atoms with van der Waals surface area (Å²) in [6.07, 6.45) is 5.97. The second kappa shape index (κ2) is 13.0. The number of pyridine rings is 1. The second-order valence-electron chi connectivity index (χ2n) is 7.27. The average molecular weight is 651 g/mol. The molecule has 36 heavy (non-hydrogen) atoms. The molecule has 1 radical (unpaired) electrons. The van der Waals surface area contributed by atoms with E-state index in [1.54, 1.807) is 36.5 Å². The molecule has 0 saturated heterocycles. The molecule has 2 aromatic heterocycles. The van der Waals surface area contributed by atoms with Crippen LogP contribution in [-0.4, -0.2) is 10.8 Å². The maximum absolute atomic E-state index is 12.2. The van der Waals surface area contributed by atoms with Gasteiger partial charge in [-0.3, -0.25) is 4.79 Å². The molecule has 0 aliphatic heterocycles. The minimum absolute atomic E-state index is 0. The largest absolute Gasteiger partial charge is 0.661 e. The van der Waals surface area contributed by atoms with Crippen molar-refractivity contribution in [3.05, 3.63) is 140 Å². The van der Waals surface area contributed by atoms with E-state index in [1.165, 1.54) is 23.3 Å². The van der Waals surface area contributed by atoms with Gasteiger partial charge < -0.3 is 19.4 Å². The Hall–Kier alpha value is -4.25. The molecule has 2 heterocycles. The zero-order valence-electron chi connectivity index (χ0n) is 19.3. The Balaban J connectivity index is 0.000000197. The smallest absolute Gasteiger partial charge is 0.171 e. The van der Waals surface area contributed by atoms with Crippen LogP contribution in [0.15, 0.2) is 123 Å². The van der Waals surface area contributed by atoms with Crippen LogP contribution in [0.5, 0.6) is 11.5 Å². The molecule has 181 valence electrons. The number of carbonyl (C=O) groups excluding carboxylic acids is 1. The van der Waals surface area contributed by atoms with Crippen LogP contribution in [0.2, 0.25) is 0 Å². The van der Waals surface area contributed by atoms with Gasteiger partial charge in [0.1, 0.15) is 11.5 Å². The fourth-order valence-electron chi connectivity index (χ4n) is 3.49. The van der Waals surface area contributed by atoms with Crippen LogP contribution >= 0.6 is 0 Å². The fourth-order valence-corrected chi connectivity index (χ4v) is 3.49. The number of ether oxygens (including phenoxy) is 2. The van der Waals surface area contributed by atoms with Gasteiger partial charge in [-0.2, -0.15) is 6.20 Å². The number of hydrogen-bond donors (Lipinski definition) is 0. The van der Waals surface area contributed by atoms with Crippen LogP contribution in [-0.2, 0) is 20.1 Å². The molecule has 0 N–H and O–H groups in total. The zero-order chi connectivity index (χ0) is 24.5. The number of carbonyl (C=O) groups is 1. The first-order chi connectivity index (χ1) is 17.2.